The SMILES string of the molecule is CCCNc1nc(OCCC)nc(N(C)CC(N)=O)n1. The zero-order valence-electron chi connectivity index (χ0n) is 12.2. The fourth-order valence-corrected chi connectivity index (χ4v) is 1.39. The maximum Gasteiger partial charge on any atom is 0.323 e. The number of rotatable bonds is 9. The van der Waals surface area contributed by atoms with Crippen molar-refractivity contribution in [2.45, 2.75) is 26.7 Å². The molecule has 8 heteroatoms. The molecule has 0 fully saturated rings. The summed E-state index contributed by atoms with van der Waals surface area (Å²) in [7, 11) is 1.69. The van der Waals surface area contributed by atoms with Crippen LogP contribution in [0, 0.1) is 0 Å². The summed E-state index contributed by atoms with van der Waals surface area (Å²) in [5.41, 5.74) is 5.17. The first kappa shape index (κ1) is 15.9. The summed E-state index contributed by atoms with van der Waals surface area (Å²) in [6.07, 6.45) is 1.80. The van der Waals surface area contributed by atoms with Crippen LogP contribution >= 0.6 is 0 Å². The number of nitrogens with two attached hydrogens (primary N) is 1. The van der Waals surface area contributed by atoms with Crippen molar-refractivity contribution in [1.82, 2.24) is 15.0 Å². The molecule has 0 saturated carbocycles. The summed E-state index contributed by atoms with van der Waals surface area (Å²) in [5, 5.41) is 3.07. The van der Waals surface area contributed by atoms with E-state index >= 15 is 0 Å². The van der Waals surface area contributed by atoms with Gasteiger partial charge in [-0.25, -0.2) is 0 Å². The molecule has 0 aliphatic carbocycles. The van der Waals surface area contributed by atoms with Gasteiger partial charge in [-0.05, 0) is 12.8 Å². The van der Waals surface area contributed by atoms with E-state index in [2.05, 4.69) is 20.3 Å². The van der Waals surface area contributed by atoms with Crippen LogP contribution in [0.3, 0.4) is 0 Å². The molecule has 0 spiro atoms. The Morgan fingerprint density at radius 1 is 1.30 bits per heavy atom. The van der Waals surface area contributed by atoms with Gasteiger partial charge in [-0.3, -0.25) is 4.79 Å². The zero-order valence-corrected chi connectivity index (χ0v) is 12.2. The maximum atomic E-state index is 11.0. The Bertz CT molecular complexity index is 414. The second-order valence-corrected chi connectivity index (χ2v) is 4.34. The Kier molecular flexibility index (Phi) is 6.48. The lowest BCUT2D eigenvalue weighted by Gasteiger charge is -2.16. The first-order valence-corrected chi connectivity index (χ1v) is 6.69. The number of primary amides is 1. The van der Waals surface area contributed by atoms with Gasteiger partial charge in [0.15, 0.2) is 0 Å². The Hall–Kier alpha value is -2.12. The van der Waals surface area contributed by atoms with E-state index in [1.807, 2.05) is 13.8 Å². The lowest BCUT2D eigenvalue weighted by Crippen LogP contribution is -2.32. The van der Waals surface area contributed by atoms with Crippen molar-refractivity contribution in [2.24, 2.45) is 5.73 Å². The van der Waals surface area contributed by atoms with E-state index in [0.29, 0.717) is 18.5 Å². The van der Waals surface area contributed by atoms with Crippen LogP contribution in [0.15, 0.2) is 0 Å². The molecule has 0 aromatic carbocycles. The molecule has 112 valence electrons. The first-order chi connectivity index (χ1) is 9.56. The third kappa shape index (κ3) is 5.25. The number of aromatic nitrogens is 3. The van der Waals surface area contributed by atoms with E-state index in [4.69, 9.17) is 10.5 Å². The van der Waals surface area contributed by atoms with Gasteiger partial charge in [0.2, 0.25) is 17.8 Å². The van der Waals surface area contributed by atoms with Crippen LogP contribution < -0.4 is 20.7 Å². The Morgan fingerprint density at radius 2 is 2.05 bits per heavy atom. The van der Waals surface area contributed by atoms with Gasteiger partial charge in [0.05, 0.1) is 13.2 Å². The van der Waals surface area contributed by atoms with Gasteiger partial charge in [0.25, 0.3) is 0 Å². The minimum Gasteiger partial charge on any atom is -0.463 e. The molecule has 3 N–H and O–H groups in total. The highest BCUT2D eigenvalue weighted by Crippen LogP contribution is 2.14. The molecular formula is C12H22N6O2. The van der Waals surface area contributed by atoms with Gasteiger partial charge in [-0.1, -0.05) is 13.8 Å². The molecule has 0 saturated heterocycles. The van der Waals surface area contributed by atoms with E-state index in [9.17, 15) is 4.79 Å². The summed E-state index contributed by atoms with van der Waals surface area (Å²) >= 11 is 0. The lowest BCUT2D eigenvalue weighted by atomic mass is 10.5. The molecule has 0 atom stereocenters. The maximum absolute atomic E-state index is 11.0. The third-order valence-corrected chi connectivity index (χ3v) is 2.31. The first-order valence-electron chi connectivity index (χ1n) is 6.69. The predicted octanol–water partition coefficient (Wildman–Crippen LogP) is 0.404. The van der Waals surface area contributed by atoms with Gasteiger partial charge < -0.3 is 20.7 Å². The van der Waals surface area contributed by atoms with Crippen LogP contribution in [0.2, 0.25) is 0 Å². The van der Waals surface area contributed by atoms with Crippen LogP contribution in [0.5, 0.6) is 6.01 Å². The summed E-state index contributed by atoms with van der Waals surface area (Å²) in [4.78, 5) is 25.1. The van der Waals surface area contributed by atoms with Gasteiger partial charge in [-0.15, -0.1) is 0 Å². The largest absolute Gasteiger partial charge is 0.463 e. The number of hydrogen-bond acceptors (Lipinski definition) is 7. The molecule has 1 amide bonds. The van der Waals surface area contributed by atoms with Crippen molar-refractivity contribution in [3.8, 4) is 6.01 Å². The average Bonchev–Trinajstić information content (AvgIpc) is 2.42. The van der Waals surface area contributed by atoms with Crippen molar-refractivity contribution in [1.29, 1.82) is 0 Å². The summed E-state index contributed by atoms with van der Waals surface area (Å²) in [6, 6.07) is 0.242. The number of hydrogen-bond donors (Lipinski definition) is 2. The highest BCUT2D eigenvalue weighted by atomic mass is 16.5. The fraction of sp³-hybridized carbons (Fsp3) is 0.667. The zero-order chi connectivity index (χ0) is 15.0. The molecule has 1 heterocycles. The van der Waals surface area contributed by atoms with Crippen LogP contribution in [-0.2, 0) is 4.79 Å². The highest BCUT2D eigenvalue weighted by Gasteiger charge is 2.12. The second kappa shape index (κ2) is 8.13. The normalized spacial score (nSPS) is 10.2. The fourth-order valence-electron chi connectivity index (χ4n) is 1.39. The number of carbonyl (C=O) groups excluding carboxylic acids is 1. The minimum absolute atomic E-state index is 0.0322. The number of nitrogens with zero attached hydrogens (tertiary/aromatic N) is 4. The summed E-state index contributed by atoms with van der Waals surface area (Å²) in [5.74, 6) is 0.329. The van der Waals surface area contributed by atoms with Crippen molar-refractivity contribution in [3.05, 3.63) is 0 Å². The van der Waals surface area contributed by atoms with E-state index in [-0.39, 0.29) is 12.6 Å². The number of nitrogens with one attached hydrogen (secondary N) is 1. The Balaban J connectivity index is 2.92. The smallest absolute Gasteiger partial charge is 0.323 e. The van der Waals surface area contributed by atoms with Crippen molar-refractivity contribution in [2.75, 3.05) is 37.0 Å². The third-order valence-electron chi connectivity index (χ3n) is 2.31. The van der Waals surface area contributed by atoms with E-state index in [1.165, 1.54) is 0 Å². The topological polar surface area (TPSA) is 106 Å². The molecule has 1 aromatic heterocycles. The van der Waals surface area contributed by atoms with Crippen molar-refractivity contribution in [3.63, 3.8) is 0 Å². The standard InChI is InChI=1S/C12H22N6O2/c1-4-6-14-10-15-11(18(3)8-9(13)19)17-12(16-10)20-7-5-2/h4-8H2,1-3H3,(H2,13,19)(H,14,15,16,17). The van der Waals surface area contributed by atoms with Gasteiger partial charge in [0, 0.05) is 13.6 Å². The van der Waals surface area contributed by atoms with Crippen molar-refractivity contribution < 1.29 is 9.53 Å². The highest BCUT2D eigenvalue weighted by molar-refractivity contribution is 5.78. The van der Waals surface area contributed by atoms with Crippen LogP contribution in [0.4, 0.5) is 11.9 Å². The molecule has 20 heavy (non-hydrogen) atoms. The summed E-state index contributed by atoms with van der Waals surface area (Å²) in [6.45, 7) is 5.34. The predicted molar refractivity (Wildman–Crippen MR) is 76.9 cm³/mol. The number of amides is 1. The second-order valence-electron chi connectivity index (χ2n) is 4.34. The molecule has 0 unspecified atom stereocenters. The number of anilines is 2. The van der Waals surface area contributed by atoms with E-state index in [0.717, 1.165) is 19.4 Å². The number of likely N-dealkylation sites (N-methyl/N-ethyl adjacent to an activating group) is 1. The quantitative estimate of drug-likeness (QED) is 0.675. The molecule has 8 nitrogen and oxygen atoms in total. The van der Waals surface area contributed by atoms with E-state index < -0.39 is 5.91 Å². The van der Waals surface area contributed by atoms with Crippen LogP contribution in [-0.4, -0.2) is 47.6 Å². The molecule has 0 bridgehead atoms. The molecule has 0 radical (unpaired) electrons. The van der Waals surface area contributed by atoms with Gasteiger partial charge >= 0.3 is 6.01 Å². The molecule has 1 aromatic rings. The molecular weight excluding hydrogens is 260 g/mol. The number of ether oxygens (including phenoxy) is 1. The van der Waals surface area contributed by atoms with E-state index in [1.54, 1.807) is 11.9 Å². The van der Waals surface area contributed by atoms with Crippen LogP contribution in [0.25, 0.3) is 0 Å². The Morgan fingerprint density at radius 3 is 2.65 bits per heavy atom. The molecule has 1 rings (SSSR count). The monoisotopic (exact) mass is 282 g/mol. The van der Waals surface area contributed by atoms with Crippen molar-refractivity contribution >= 4 is 17.8 Å². The number of carbonyl (C=O) groups is 1. The van der Waals surface area contributed by atoms with Gasteiger partial charge in [0.1, 0.15) is 0 Å². The summed E-state index contributed by atoms with van der Waals surface area (Å²) < 4.78 is 5.43. The minimum atomic E-state index is -0.452. The lowest BCUT2D eigenvalue weighted by molar-refractivity contribution is -0.116. The van der Waals surface area contributed by atoms with Gasteiger partial charge in [-0.2, -0.15) is 15.0 Å². The molecule has 0 aliphatic heterocycles. The Labute approximate surface area is 118 Å². The average molecular weight is 282 g/mol. The van der Waals surface area contributed by atoms with Crippen LogP contribution in [0.1, 0.15) is 26.7 Å². The molecule has 0 aliphatic rings.